The second-order valence-electron chi connectivity index (χ2n) is 10.4. The van der Waals surface area contributed by atoms with Crippen LogP contribution in [0.2, 0.25) is 0 Å². The van der Waals surface area contributed by atoms with E-state index in [2.05, 4.69) is 59.3 Å². The van der Waals surface area contributed by atoms with Crippen LogP contribution >= 0.6 is 0 Å². The number of carbonyl (C=O) groups is 2. The summed E-state index contributed by atoms with van der Waals surface area (Å²) in [7, 11) is 0. The fourth-order valence-corrected chi connectivity index (χ4v) is 5.81. The van der Waals surface area contributed by atoms with Crippen LogP contribution in [0.4, 0.5) is 4.79 Å². The Hall–Kier alpha value is -3.51. The summed E-state index contributed by atoms with van der Waals surface area (Å²) < 4.78 is 0. The van der Waals surface area contributed by atoms with Crippen molar-refractivity contribution in [1.82, 2.24) is 19.7 Å². The first-order chi connectivity index (χ1) is 18.1. The largest absolute Gasteiger partial charge is 0.328 e. The van der Waals surface area contributed by atoms with Gasteiger partial charge in [-0.15, -0.1) is 0 Å². The molecule has 1 aromatic heterocycles. The fraction of sp³-hybridized carbons (Fsp3) is 0.387. The number of hydrogen-bond acceptors (Lipinski definition) is 4. The van der Waals surface area contributed by atoms with E-state index in [1.807, 2.05) is 35.2 Å². The smallest absolute Gasteiger partial charge is 0.309 e. The molecule has 1 unspecified atom stereocenters. The van der Waals surface area contributed by atoms with E-state index >= 15 is 0 Å². The number of aromatic nitrogens is 1. The topological polar surface area (TPSA) is 56.8 Å². The predicted molar refractivity (Wildman–Crippen MR) is 145 cm³/mol. The number of aryl methyl sites for hydroxylation is 1. The molecule has 6 nitrogen and oxygen atoms in total. The zero-order valence-corrected chi connectivity index (χ0v) is 21.6. The average molecular weight is 497 g/mol. The number of hydrogen-bond donors (Lipinski definition) is 0. The maximum Gasteiger partial charge on any atom is 0.328 e. The maximum absolute atomic E-state index is 13.9. The maximum atomic E-state index is 13.9. The molecule has 2 saturated heterocycles. The van der Waals surface area contributed by atoms with Crippen molar-refractivity contribution >= 4 is 11.9 Å². The third kappa shape index (κ3) is 5.44. The van der Waals surface area contributed by atoms with E-state index in [0.717, 1.165) is 37.9 Å². The van der Waals surface area contributed by atoms with Gasteiger partial charge in [0, 0.05) is 38.1 Å². The lowest BCUT2D eigenvalue weighted by atomic mass is 9.84. The van der Waals surface area contributed by atoms with Gasteiger partial charge in [0.2, 0.25) is 0 Å². The molecule has 2 aliphatic rings. The monoisotopic (exact) mass is 496 g/mol. The van der Waals surface area contributed by atoms with E-state index in [1.54, 1.807) is 12.4 Å². The Labute approximate surface area is 219 Å². The summed E-state index contributed by atoms with van der Waals surface area (Å²) in [5.74, 6) is -0.0500. The van der Waals surface area contributed by atoms with Gasteiger partial charge in [-0.2, -0.15) is 0 Å². The van der Waals surface area contributed by atoms with Gasteiger partial charge in [-0.25, -0.2) is 4.79 Å². The van der Waals surface area contributed by atoms with Crippen molar-refractivity contribution < 1.29 is 9.59 Å². The van der Waals surface area contributed by atoms with E-state index in [1.165, 1.54) is 16.0 Å². The van der Waals surface area contributed by atoms with Crippen LogP contribution in [0.25, 0.3) is 0 Å². The summed E-state index contributed by atoms with van der Waals surface area (Å²) in [5.41, 5.74) is 2.65. The summed E-state index contributed by atoms with van der Waals surface area (Å²) in [6.45, 7) is 4.73. The summed E-state index contributed by atoms with van der Waals surface area (Å²) >= 11 is 0. The number of imide groups is 1. The van der Waals surface area contributed by atoms with E-state index < -0.39 is 5.54 Å². The molecule has 2 aliphatic heterocycles. The molecule has 37 heavy (non-hydrogen) atoms. The highest BCUT2D eigenvalue weighted by Crippen LogP contribution is 2.38. The molecule has 1 spiro atoms. The van der Waals surface area contributed by atoms with Crippen molar-refractivity contribution in [2.75, 3.05) is 19.6 Å². The number of benzene rings is 2. The molecule has 192 valence electrons. The molecule has 0 bridgehead atoms. The van der Waals surface area contributed by atoms with Crippen LogP contribution in [-0.4, -0.2) is 62.8 Å². The van der Waals surface area contributed by atoms with Crippen molar-refractivity contribution in [3.63, 3.8) is 0 Å². The van der Waals surface area contributed by atoms with Crippen LogP contribution in [0.1, 0.15) is 42.9 Å². The van der Waals surface area contributed by atoms with Crippen LogP contribution in [0.5, 0.6) is 0 Å². The first-order valence-electron chi connectivity index (χ1n) is 13.4. The van der Waals surface area contributed by atoms with Crippen LogP contribution in [0, 0.1) is 0 Å². The Morgan fingerprint density at radius 2 is 1.46 bits per heavy atom. The molecule has 6 heteroatoms. The van der Waals surface area contributed by atoms with Gasteiger partial charge in [0.25, 0.3) is 5.91 Å². The van der Waals surface area contributed by atoms with E-state index in [0.29, 0.717) is 25.4 Å². The number of nitrogens with zero attached hydrogens (tertiary/aromatic N) is 4. The summed E-state index contributed by atoms with van der Waals surface area (Å²) in [5, 5.41) is 0. The van der Waals surface area contributed by atoms with Crippen LogP contribution in [-0.2, 0) is 24.2 Å². The molecular weight excluding hydrogens is 460 g/mol. The van der Waals surface area contributed by atoms with Gasteiger partial charge in [0.1, 0.15) is 5.54 Å². The van der Waals surface area contributed by atoms with Gasteiger partial charge in [-0.05, 0) is 61.8 Å². The van der Waals surface area contributed by atoms with E-state index in [4.69, 9.17) is 0 Å². The molecule has 3 amide bonds. The Kier molecular flexibility index (Phi) is 7.65. The number of rotatable bonds is 9. The Morgan fingerprint density at radius 3 is 2.08 bits per heavy atom. The lowest BCUT2D eigenvalue weighted by Gasteiger charge is -2.44. The molecule has 3 aromatic rings. The minimum atomic E-state index is -0.760. The molecule has 0 aliphatic carbocycles. The van der Waals surface area contributed by atoms with Crippen molar-refractivity contribution in [3.8, 4) is 0 Å². The SMILES string of the molecule is CC(CCc1ccccc1)N1CCC2(CC1)C(=O)N(Cc1cccnc1)C(=O)N2CCc1ccccc1. The molecule has 2 fully saturated rings. The van der Waals surface area contributed by atoms with Gasteiger partial charge >= 0.3 is 6.03 Å². The third-order valence-electron chi connectivity index (χ3n) is 8.09. The molecule has 0 N–H and O–H groups in total. The molecule has 5 rings (SSSR count). The third-order valence-corrected chi connectivity index (χ3v) is 8.09. The van der Waals surface area contributed by atoms with Gasteiger partial charge in [-0.1, -0.05) is 66.7 Å². The van der Waals surface area contributed by atoms with Crippen LogP contribution in [0.15, 0.2) is 85.2 Å². The number of urea groups is 1. The minimum Gasteiger partial charge on any atom is -0.309 e. The highest BCUT2D eigenvalue weighted by atomic mass is 16.2. The van der Waals surface area contributed by atoms with E-state index in [9.17, 15) is 9.59 Å². The average Bonchev–Trinajstić information content (AvgIpc) is 3.13. The van der Waals surface area contributed by atoms with Gasteiger partial charge in [0.05, 0.1) is 6.54 Å². The van der Waals surface area contributed by atoms with Crippen LogP contribution < -0.4 is 0 Å². The highest BCUT2D eigenvalue weighted by molar-refractivity contribution is 6.07. The second-order valence-corrected chi connectivity index (χ2v) is 10.4. The summed E-state index contributed by atoms with van der Waals surface area (Å²) in [4.78, 5) is 37.6. The summed E-state index contributed by atoms with van der Waals surface area (Å²) in [6, 6.07) is 24.8. The number of amides is 3. The lowest BCUT2D eigenvalue weighted by molar-refractivity contribution is -0.136. The number of carbonyl (C=O) groups excluding carboxylic acids is 2. The number of piperidine rings is 1. The van der Waals surface area contributed by atoms with E-state index in [-0.39, 0.29) is 18.5 Å². The highest BCUT2D eigenvalue weighted by Gasteiger charge is 2.57. The fourth-order valence-electron chi connectivity index (χ4n) is 5.81. The van der Waals surface area contributed by atoms with Crippen molar-refractivity contribution in [3.05, 3.63) is 102 Å². The number of pyridine rings is 1. The Morgan fingerprint density at radius 1 is 0.838 bits per heavy atom. The first-order valence-corrected chi connectivity index (χ1v) is 13.4. The molecule has 1 atom stereocenters. The first kappa shape index (κ1) is 25.2. The van der Waals surface area contributed by atoms with Crippen molar-refractivity contribution in [1.29, 1.82) is 0 Å². The van der Waals surface area contributed by atoms with Gasteiger partial charge < -0.3 is 9.80 Å². The summed E-state index contributed by atoms with van der Waals surface area (Å²) in [6.07, 6.45) is 7.64. The Bertz CT molecular complexity index is 1180. The molecular formula is C31H36N4O2. The zero-order valence-electron chi connectivity index (χ0n) is 21.6. The van der Waals surface area contributed by atoms with Crippen molar-refractivity contribution in [2.24, 2.45) is 0 Å². The molecule has 0 radical (unpaired) electrons. The standard InChI is InChI=1S/C31H36N4O2/c1-25(14-15-26-9-4-2-5-10-26)33-21-17-31(18-22-33)29(36)34(24-28-13-8-19-32-23-28)30(37)35(31)20-16-27-11-6-3-7-12-27/h2-13,19,23,25H,14-18,20-22,24H2,1H3. The van der Waals surface area contributed by atoms with Gasteiger partial charge in [-0.3, -0.25) is 14.7 Å². The second kappa shape index (κ2) is 11.3. The molecule has 0 saturated carbocycles. The predicted octanol–water partition coefficient (Wildman–Crippen LogP) is 4.94. The van der Waals surface area contributed by atoms with Crippen molar-refractivity contribution in [2.45, 2.75) is 57.2 Å². The number of likely N-dealkylation sites (tertiary alicyclic amines) is 1. The quantitative estimate of drug-likeness (QED) is 0.394. The van der Waals surface area contributed by atoms with Crippen LogP contribution in [0.3, 0.4) is 0 Å². The molecule has 3 heterocycles. The zero-order chi connectivity index (χ0) is 25.7. The molecule has 2 aromatic carbocycles. The van der Waals surface area contributed by atoms with Gasteiger partial charge in [0.15, 0.2) is 0 Å². The Balaban J connectivity index is 1.30. The normalized spacial score (nSPS) is 18.5. The minimum absolute atomic E-state index is 0.0500. The lowest BCUT2D eigenvalue weighted by Crippen LogP contribution is -2.58.